The zero-order valence-corrected chi connectivity index (χ0v) is 8.50. The third-order valence-corrected chi connectivity index (χ3v) is 3.03. The minimum atomic E-state index is 0.223. The van der Waals surface area contributed by atoms with Crippen LogP contribution in [0.5, 0.6) is 0 Å². The van der Waals surface area contributed by atoms with Crippen molar-refractivity contribution < 1.29 is 4.79 Å². The van der Waals surface area contributed by atoms with E-state index in [0.29, 0.717) is 17.9 Å². The van der Waals surface area contributed by atoms with Crippen molar-refractivity contribution in [1.82, 2.24) is 4.90 Å². The van der Waals surface area contributed by atoms with Crippen LogP contribution in [0.15, 0.2) is 0 Å². The molecule has 0 saturated carbocycles. The largest absolute Gasteiger partial charge is 0.299 e. The molecule has 1 saturated heterocycles. The molecule has 12 heavy (non-hydrogen) atoms. The first-order valence-electron chi connectivity index (χ1n) is 4.82. The Morgan fingerprint density at radius 2 is 2.00 bits per heavy atom. The van der Waals surface area contributed by atoms with Gasteiger partial charge in [0.25, 0.3) is 0 Å². The summed E-state index contributed by atoms with van der Waals surface area (Å²) in [6.45, 7) is 9.53. The molecule has 2 atom stereocenters. The summed E-state index contributed by atoms with van der Waals surface area (Å²) in [5.41, 5.74) is 0. The Morgan fingerprint density at radius 3 is 2.50 bits per heavy atom. The van der Waals surface area contributed by atoms with E-state index in [1.807, 2.05) is 6.92 Å². The van der Waals surface area contributed by atoms with E-state index in [0.717, 1.165) is 13.0 Å². The van der Waals surface area contributed by atoms with Crippen molar-refractivity contribution in [2.45, 2.75) is 46.2 Å². The number of rotatable bonds is 1. The predicted molar refractivity (Wildman–Crippen MR) is 50.1 cm³/mol. The van der Waals surface area contributed by atoms with Crippen molar-refractivity contribution in [3.63, 3.8) is 0 Å². The molecular weight excluding hydrogens is 150 g/mol. The summed E-state index contributed by atoms with van der Waals surface area (Å²) in [5.74, 6) is 0.653. The maximum absolute atomic E-state index is 11.3. The molecule has 0 unspecified atom stereocenters. The molecule has 0 spiro atoms. The second-order valence-corrected chi connectivity index (χ2v) is 4.08. The van der Waals surface area contributed by atoms with Crippen molar-refractivity contribution in [3.05, 3.63) is 0 Å². The molecule has 0 radical (unpaired) electrons. The zero-order valence-electron chi connectivity index (χ0n) is 8.50. The number of likely N-dealkylation sites (tertiary alicyclic amines) is 1. The number of carbonyl (C=O) groups excluding carboxylic acids is 1. The highest BCUT2D eigenvalue weighted by atomic mass is 16.1. The van der Waals surface area contributed by atoms with Gasteiger partial charge in [0.1, 0.15) is 5.78 Å². The number of ketones is 1. The number of hydrogen-bond acceptors (Lipinski definition) is 2. The molecule has 1 rings (SSSR count). The van der Waals surface area contributed by atoms with Crippen molar-refractivity contribution in [2.75, 3.05) is 6.54 Å². The number of hydrogen-bond donors (Lipinski definition) is 0. The van der Waals surface area contributed by atoms with Crippen LogP contribution in [0.1, 0.15) is 34.1 Å². The van der Waals surface area contributed by atoms with E-state index in [2.05, 4.69) is 25.7 Å². The molecule has 0 aromatic heterocycles. The van der Waals surface area contributed by atoms with Gasteiger partial charge in [0, 0.05) is 31.0 Å². The molecule has 1 aliphatic rings. The van der Waals surface area contributed by atoms with E-state index in [1.165, 1.54) is 0 Å². The summed E-state index contributed by atoms with van der Waals surface area (Å²) in [5, 5.41) is 0. The second kappa shape index (κ2) is 3.56. The van der Waals surface area contributed by atoms with Crippen molar-refractivity contribution in [1.29, 1.82) is 0 Å². The first kappa shape index (κ1) is 9.72. The Hall–Kier alpha value is -0.370. The van der Waals surface area contributed by atoms with Crippen LogP contribution in [-0.2, 0) is 4.79 Å². The molecule has 0 aliphatic carbocycles. The van der Waals surface area contributed by atoms with E-state index in [-0.39, 0.29) is 5.92 Å². The maximum Gasteiger partial charge on any atom is 0.138 e. The lowest BCUT2D eigenvalue weighted by Crippen LogP contribution is -2.49. The SMILES string of the molecule is CC(C)N1CCC(=O)[C@H](C)[C@H]1C. The lowest BCUT2D eigenvalue weighted by molar-refractivity contribution is -0.128. The molecule has 1 fully saturated rings. The first-order valence-corrected chi connectivity index (χ1v) is 4.82. The smallest absolute Gasteiger partial charge is 0.138 e. The highest BCUT2D eigenvalue weighted by molar-refractivity contribution is 5.82. The molecule has 0 aromatic rings. The molecule has 0 N–H and O–H groups in total. The average molecular weight is 169 g/mol. The number of nitrogens with zero attached hydrogens (tertiary/aromatic N) is 1. The average Bonchev–Trinajstić information content (AvgIpc) is 2.00. The van der Waals surface area contributed by atoms with Crippen LogP contribution < -0.4 is 0 Å². The van der Waals surface area contributed by atoms with Gasteiger partial charge in [-0.1, -0.05) is 6.92 Å². The summed E-state index contributed by atoms with van der Waals surface area (Å²) >= 11 is 0. The zero-order chi connectivity index (χ0) is 9.30. The summed E-state index contributed by atoms with van der Waals surface area (Å²) in [4.78, 5) is 13.8. The van der Waals surface area contributed by atoms with Gasteiger partial charge in [0.05, 0.1) is 0 Å². The monoisotopic (exact) mass is 169 g/mol. The van der Waals surface area contributed by atoms with Crippen molar-refractivity contribution in [2.24, 2.45) is 5.92 Å². The van der Waals surface area contributed by atoms with Crippen LogP contribution in [0.25, 0.3) is 0 Å². The third-order valence-electron chi connectivity index (χ3n) is 3.03. The summed E-state index contributed by atoms with van der Waals surface area (Å²) in [6, 6.07) is 0.988. The molecule has 2 heteroatoms. The van der Waals surface area contributed by atoms with Crippen LogP contribution >= 0.6 is 0 Å². The van der Waals surface area contributed by atoms with E-state index >= 15 is 0 Å². The Labute approximate surface area is 74.9 Å². The van der Waals surface area contributed by atoms with Gasteiger partial charge in [-0.2, -0.15) is 0 Å². The van der Waals surface area contributed by atoms with Gasteiger partial charge in [0.2, 0.25) is 0 Å². The molecule has 0 amide bonds. The highest BCUT2D eigenvalue weighted by Crippen LogP contribution is 2.21. The van der Waals surface area contributed by atoms with E-state index in [4.69, 9.17) is 0 Å². The molecule has 0 bridgehead atoms. The standard InChI is InChI=1S/C10H19NO/c1-7(2)11-6-5-10(12)8(3)9(11)4/h7-9H,5-6H2,1-4H3/t8-,9-/m1/s1. The lowest BCUT2D eigenvalue weighted by Gasteiger charge is -2.39. The topological polar surface area (TPSA) is 20.3 Å². The molecule has 1 aliphatic heterocycles. The molecule has 70 valence electrons. The fourth-order valence-corrected chi connectivity index (χ4v) is 1.96. The van der Waals surface area contributed by atoms with E-state index in [9.17, 15) is 4.79 Å². The summed E-state index contributed by atoms with van der Waals surface area (Å²) < 4.78 is 0. The van der Waals surface area contributed by atoms with Gasteiger partial charge in [-0.3, -0.25) is 9.69 Å². The minimum Gasteiger partial charge on any atom is -0.299 e. The minimum absolute atomic E-state index is 0.223. The van der Waals surface area contributed by atoms with E-state index in [1.54, 1.807) is 0 Å². The van der Waals surface area contributed by atoms with Crippen LogP contribution in [0, 0.1) is 5.92 Å². The van der Waals surface area contributed by atoms with Crippen LogP contribution in [-0.4, -0.2) is 29.3 Å². The number of piperidine rings is 1. The van der Waals surface area contributed by atoms with Crippen molar-refractivity contribution >= 4 is 5.78 Å². The summed E-state index contributed by atoms with van der Waals surface area (Å²) in [7, 11) is 0. The van der Waals surface area contributed by atoms with Crippen molar-refractivity contribution in [3.8, 4) is 0 Å². The van der Waals surface area contributed by atoms with Gasteiger partial charge in [-0.05, 0) is 20.8 Å². The van der Waals surface area contributed by atoms with Gasteiger partial charge in [0.15, 0.2) is 0 Å². The fourth-order valence-electron chi connectivity index (χ4n) is 1.96. The Kier molecular flexibility index (Phi) is 2.89. The Balaban J connectivity index is 2.65. The number of carbonyl (C=O) groups is 1. The van der Waals surface area contributed by atoms with Gasteiger partial charge < -0.3 is 0 Å². The second-order valence-electron chi connectivity index (χ2n) is 4.08. The lowest BCUT2D eigenvalue weighted by atomic mass is 9.90. The molecule has 1 heterocycles. The maximum atomic E-state index is 11.3. The van der Waals surface area contributed by atoms with Crippen LogP contribution in [0.3, 0.4) is 0 Å². The fraction of sp³-hybridized carbons (Fsp3) is 0.900. The number of Topliss-reactive ketones (excluding diaryl/α,β-unsaturated/α-hetero) is 1. The van der Waals surface area contributed by atoms with Crippen LogP contribution in [0.4, 0.5) is 0 Å². The molecule has 0 aromatic carbocycles. The van der Waals surface area contributed by atoms with Gasteiger partial charge in [-0.15, -0.1) is 0 Å². The first-order chi connectivity index (χ1) is 5.54. The molecule has 2 nitrogen and oxygen atoms in total. The Morgan fingerprint density at radius 1 is 1.42 bits per heavy atom. The van der Waals surface area contributed by atoms with Gasteiger partial charge >= 0.3 is 0 Å². The van der Waals surface area contributed by atoms with Crippen LogP contribution in [0.2, 0.25) is 0 Å². The van der Waals surface area contributed by atoms with E-state index < -0.39 is 0 Å². The molecular formula is C10H19NO. The summed E-state index contributed by atoms with van der Waals surface area (Å²) in [6.07, 6.45) is 0.740. The van der Waals surface area contributed by atoms with Gasteiger partial charge in [-0.25, -0.2) is 0 Å². The normalized spacial score (nSPS) is 32.9. The predicted octanol–water partition coefficient (Wildman–Crippen LogP) is 1.69. The Bertz CT molecular complexity index is 177. The highest BCUT2D eigenvalue weighted by Gasteiger charge is 2.31. The third kappa shape index (κ3) is 1.69. The quantitative estimate of drug-likeness (QED) is 0.595.